The van der Waals surface area contributed by atoms with Crippen LogP contribution >= 0.6 is 0 Å². The summed E-state index contributed by atoms with van der Waals surface area (Å²) in [6.45, 7) is 5.73. The lowest BCUT2D eigenvalue weighted by Gasteiger charge is -2.37. The number of hydrogen-bond donors (Lipinski definition) is 2. The Bertz CT molecular complexity index is 1140. The molecule has 166 valence electrons. The molecule has 8 nitrogen and oxygen atoms in total. The molecule has 2 N–H and O–H groups in total. The Balaban J connectivity index is 1.64. The second-order valence-electron chi connectivity index (χ2n) is 9.03. The number of nitro benzene ring substituents is 1. The normalized spacial score (nSPS) is 26.9. The molecule has 2 unspecified atom stereocenters. The molecular formula is C23H23FN4O4. The van der Waals surface area contributed by atoms with Crippen molar-refractivity contribution in [1.29, 1.82) is 0 Å². The van der Waals surface area contributed by atoms with E-state index in [2.05, 4.69) is 15.8 Å². The minimum absolute atomic E-state index is 0.0521. The summed E-state index contributed by atoms with van der Waals surface area (Å²) in [6.07, 6.45) is 0.988. The summed E-state index contributed by atoms with van der Waals surface area (Å²) in [5, 5.41) is 18.0. The van der Waals surface area contributed by atoms with Crippen LogP contribution in [0.1, 0.15) is 33.6 Å². The van der Waals surface area contributed by atoms with E-state index in [0.29, 0.717) is 24.2 Å². The van der Waals surface area contributed by atoms with Crippen molar-refractivity contribution >= 4 is 34.5 Å². The van der Waals surface area contributed by atoms with Gasteiger partial charge in [-0.3, -0.25) is 25.1 Å². The van der Waals surface area contributed by atoms with E-state index in [1.165, 1.54) is 48.5 Å². The van der Waals surface area contributed by atoms with Crippen molar-refractivity contribution in [3.8, 4) is 0 Å². The first-order valence-corrected chi connectivity index (χ1v) is 10.2. The number of hydrogen-bond acceptors (Lipinski definition) is 6. The molecule has 0 radical (unpaired) electrons. The number of anilines is 2. The smallest absolute Gasteiger partial charge is 0.269 e. The van der Waals surface area contributed by atoms with E-state index in [1.807, 2.05) is 20.8 Å². The molecule has 0 spiro atoms. The number of non-ortho nitro benzene ring substituents is 1. The van der Waals surface area contributed by atoms with E-state index < -0.39 is 32.9 Å². The Morgan fingerprint density at radius 1 is 1.03 bits per heavy atom. The van der Waals surface area contributed by atoms with Crippen LogP contribution in [-0.2, 0) is 9.59 Å². The molecule has 0 aromatic heterocycles. The van der Waals surface area contributed by atoms with Crippen LogP contribution in [0, 0.1) is 32.2 Å². The minimum Gasteiger partial charge on any atom is -0.325 e. The molecule has 2 saturated carbocycles. The van der Waals surface area contributed by atoms with Gasteiger partial charge in [0.15, 0.2) is 5.78 Å². The number of benzene rings is 2. The van der Waals surface area contributed by atoms with Crippen LogP contribution in [0.5, 0.6) is 0 Å². The lowest BCUT2D eigenvalue weighted by molar-refractivity contribution is -0.384. The fraction of sp³-hybridized carbons (Fsp3) is 0.348. The molecule has 2 aromatic rings. The lowest BCUT2D eigenvalue weighted by Crippen LogP contribution is -2.47. The number of nitro groups is 1. The first-order chi connectivity index (χ1) is 15.0. The highest BCUT2D eigenvalue weighted by Gasteiger charge is 2.76. The number of hydrazone groups is 1. The summed E-state index contributed by atoms with van der Waals surface area (Å²) in [7, 11) is 0. The maximum absolute atomic E-state index is 13.6. The zero-order chi connectivity index (χ0) is 23.3. The number of carbonyl (C=O) groups excluding carboxylic acids is 2. The molecule has 2 bridgehead atoms. The summed E-state index contributed by atoms with van der Waals surface area (Å²) in [5.41, 5.74) is 1.29. The molecular weight excluding hydrogens is 415 g/mol. The van der Waals surface area contributed by atoms with E-state index >= 15 is 0 Å². The Hall–Kier alpha value is -3.62. The predicted octanol–water partition coefficient (Wildman–Crippen LogP) is 4.54. The molecule has 2 atom stereocenters. The van der Waals surface area contributed by atoms with E-state index in [1.54, 1.807) is 0 Å². The van der Waals surface area contributed by atoms with Crippen molar-refractivity contribution in [1.82, 2.24) is 0 Å². The summed E-state index contributed by atoms with van der Waals surface area (Å²) in [4.78, 5) is 37.3. The first-order valence-electron chi connectivity index (χ1n) is 10.2. The average Bonchev–Trinajstić information content (AvgIpc) is 3.03. The predicted molar refractivity (Wildman–Crippen MR) is 118 cm³/mol. The number of fused-ring (bicyclic) bond motifs is 2. The van der Waals surface area contributed by atoms with Gasteiger partial charge in [0.2, 0.25) is 5.91 Å². The molecule has 0 saturated heterocycles. The standard InChI is InChI=1S/C23H23FN4O4/c1-21(2)22(3)12-13-23(21,20(30)25-15-6-4-14(24)5-7-15)19(29)18(22)27-26-16-8-10-17(11-9-16)28(31)32/h4-11,26H,12-13H2,1-3H3,(H,25,30). The molecule has 1 amide bonds. The number of nitrogens with one attached hydrogen (secondary N) is 2. The van der Waals surface area contributed by atoms with Crippen molar-refractivity contribution in [2.75, 3.05) is 10.7 Å². The zero-order valence-electron chi connectivity index (χ0n) is 17.9. The minimum atomic E-state index is -1.30. The van der Waals surface area contributed by atoms with E-state index in [9.17, 15) is 24.1 Å². The van der Waals surface area contributed by atoms with Crippen molar-refractivity contribution in [3.63, 3.8) is 0 Å². The van der Waals surface area contributed by atoms with Gasteiger partial charge < -0.3 is 5.32 Å². The molecule has 2 aliphatic carbocycles. The fourth-order valence-corrected chi connectivity index (χ4v) is 5.02. The topological polar surface area (TPSA) is 114 Å². The van der Waals surface area contributed by atoms with Gasteiger partial charge in [-0.25, -0.2) is 4.39 Å². The summed E-state index contributed by atoms with van der Waals surface area (Å²) < 4.78 is 13.2. The van der Waals surface area contributed by atoms with Crippen LogP contribution in [0.15, 0.2) is 53.6 Å². The number of amides is 1. The first kappa shape index (κ1) is 21.6. The van der Waals surface area contributed by atoms with Crippen LogP contribution in [0.3, 0.4) is 0 Å². The highest BCUT2D eigenvalue weighted by molar-refractivity contribution is 6.51. The highest BCUT2D eigenvalue weighted by Crippen LogP contribution is 2.69. The van der Waals surface area contributed by atoms with Crippen LogP contribution in [0.25, 0.3) is 0 Å². The van der Waals surface area contributed by atoms with Gasteiger partial charge in [0.1, 0.15) is 16.9 Å². The van der Waals surface area contributed by atoms with Crippen LogP contribution in [0.2, 0.25) is 0 Å². The summed E-state index contributed by atoms with van der Waals surface area (Å²) in [6, 6.07) is 11.1. The number of nitrogens with zero attached hydrogens (tertiary/aromatic N) is 2. The molecule has 2 fully saturated rings. The second-order valence-corrected chi connectivity index (χ2v) is 9.03. The fourth-order valence-electron chi connectivity index (χ4n) is 5.02. The van der Waals surface area contributed by atoms with E-state index in [-0.39, 0.29) is 17.2 Å². The molecule has 32 heavy (non-hydrogen) atoms. The third-order valence-corrected chi connectivity index (χ3v) is 7.44. The largest absolute Gasteiger partial charge is 0.325 e. The van der Waals surface area contributed by atoms with Crippen LogP contribution < -0.4 is 10.7 Å². The maximum Gasteiger partial charge on any atom is 0.269 e. The van der Waals surface area contributed by atoms with Crippen LogP contribution in [0.4, 0.5) is 21.5 Å². The van der Waals surface area contributed by atoms with Gasteiger partial charge in [0, 0.05) is 23.2 Å². The molecule has 4 rings (SSSR count). The Morgan fingerprint density at radius 2 is 1.62 bits per heavy atom. The van der Waals surface area contributed by atoms with Gasteiger partial charge in [-0.15, -0.1) is 0 Å². The van der Waals surface area contributed by atoms with Gasteiger partial charge in [0.25, 0.3) is 5.69 Å². The molecule has 2 aromatic carbocycles. The highest BCUT2D eigenvalue weighted by atomic mass is 19.1. The molecule has 2 aliphatic rings. The van der Waals surface area contributed by atoms with E-state index in [4.69, 9.17) is 0 Å². The SMILES string of the molecule is CC12CCC(C(=O)Nc3ccc(F)cc3)(C(=O)C1=NNc1ccc([N+](=O)[O-])cc1)C2(C)C. The van der Waals surface area contributed by atoms with E-state index in [0.717, 1.165) is 0 Å². The Kier molecular flexibility index (Phi) is 4.87. The third-order valence-electron chi connectivity index (χ3n) is 7.44. The molecule has 0 aliphatic heterocycles. The average molecular weight is 438 g/mol. The quantitative estimate of drug-likeness (QED) is 0.404. The van der Waals surface area contributed by atoms with Crippen molar-refractivity contribution in [3.05, 3.63) is 64.5 Å². The third kappa shape index (κ3) is 2.91. The Labute approximate surface area is 184 Å². The molecule has 0 heterocycles. The Morgan fingerprint density at radius 3 is 2.22 bits per heavy atom. The lowest BCUT2D eigenvalue weighted by atomic mass is 9.64. The molecule has 9 heteroatoms. The van der Waals surface area contributed by atoms with Crippen molar-refractivity contribution in [2.24, 2.45) is 21.3 Å². The zero-order valence-corrected chi connectivity index (χ0v) is 17.9. The van der Waals surface area contributed by atoms with Gasteiger partial charge in [-0.05, 0) is 54.7 Å². The number of carbonyl (C=O) groups is 2. The van der Waals surface area contributed by atoms with Gasteiger partial charge in [0.05, 0.1) is 10.6 Å². The summed E-state index contributed by atoms with van der Waals surface area (Å²) >= 11 is 0. The number of ketones is 1. The number of Topliss-reactive ketones (excluding diaryl/α,β-unsaturated/α-hetero) is 1. The van der Waals surface area contributed by atoms with Crippen molar-refractivity contribution in [2.45, 2.75) is 33.6 Å². The second kappa shape index (κ2) is 7.22. The van der Waals surface area contributed by atoms with Crippen LogP contribution in [-0.4, -0.2) is 22.3 Å². The van der Waals surface area contributed by atoms with Gasteiger partial charge >= 0.3 is 0 Å². The monoisotopic (exact) mass is 438 g/mol. The maximum atomic E-state index is 13.6. The summed E-state index contributed by atoms with van der Waals surface area (Å²) in [5.74, 6) is -1.19. The van der Waals surface area contributed by atoms with Gasteiger partial charge in [-0.1, -0.05) is 20.8 Å². The number of rotatable bonds is 5. The van der Waals surface area contributed by atoms with Crippen molar-refractivity contribution < 1.29 is 18.9 Å². The number of halogens is 1. The van der Waals surface area contributed by atoms with Gasteiger partial charge in [-0.2, -0.15) is 5.10 Å².